The molecule has 0 spiro atoms. The van der Waals surface area contributed by atoms with Crippen LogP contribution in [0, 0.1) is 0 Å². The van der Waals surface area contributed by atoms with Gasteiger partial charge in [0.05, 0.1) is 17.0 Å². The van der Waals surface area contributed by atoms with Gasteiger partial charge >= 0.3 is 0 Å². The molecule has 0 fully saturated rings. The number of ketones is 1. The van der Waals surface area contributed by atoms with E-state index in [1.807, 2.05) is 0 Å². The predicted molar refractivity (Wildman–Crippen MR) is 96.3 cm³/mol. The number of carbonyl (C=O) groups is 1. The van der Waals surface area contributed by atoms with E-state index < -0.39 is 6.10 Å². The molecule has 6 heteroatoms. The van der Waals surface area contributed by atoms with Crippen molar-refractivity contribution in [1.29, 1.82) is 0 Å². The minimum atomic E-state index is -0.694. The Morgan fingerprint density at radius 2 is 1.87 bits per heavy atom. The highest BCUT2D eigenvalue weighted by atomic mass is 35.5. The zero-order chi connectivity index (χ0) is 17.0. The number of halogens is 3. The molecule has 3 nitrogen and oxygen atoms in total. The molecule has 1 N–H and O–H groups in total. The summed E-state index contributed by atoms with van der Waals surface area (Å²) in [4.78, 5) is 14.6. The zero-order valence-corrected chi connectivity index (χ0v) is 14.7. The van der Waals surface area contributed by atoms with E-state index >= 15 is 0 Å². The van der Waals surface area contributed by atoms with E-state index in [1.54, 1.807) is 54.4 Å². The molecule has 0 aliphatic carbocycles. The number of aliphatic hydroxyl groups excluding tert-OH is 1. The van der Waals surface area contributed by atoms with E-state index in [0.717, 1.165) is 0 Å². The summed E-state index contributed by atoms with van der Waals surface area (Å²) < 4.78 is 0. The van der Waals surface area contributed by atoms with Crippen LogP contribution in [0.3, 0.4) is 0 Å². The minimum Gasteiger partial charge on any atom is -0.390 e. The summed E-state index contributed by atoms with van der Waals surface area (Å²) in [5.41, 5.74) is 1.49. The molecule has 2 rings (SSSR count). The number of aliphatic hydroxyl groups is 1. The first-order chi connectivity index (χ1) is 10.9. The molecular weight excluding hydrogens is 357 g/mol. The van der Waals surface area contributed by atoms with Crippen LogP contribution in [0.15, 0.2) is 42.5 Å². The first-order valence-electron chi connectivity index (χ1n) is 6.98. The molecule has 0 aliphatic heterocycles. The number of likely N-dealkylation sites (N-methyl/N-ethyl adjacent to an activating group) is 1. The molecule has 122 valence electrons. The molecule has 0 aliphatic rings. The van der Waals surface area contributed by atoms with Gasteiger partial charge in [-0.15, -0.1) is 11.6 Å². The first kappa shape index (κ1) is 18.1. The summed E-state index contributed by atoms with van der Waals surface area (Å²) in [5.74, 6) is -0.105. The van der Waals surface area contributed by atoms with Crippen molar-refractivity contribution >= 4 is 46.3 Å². The Kier molecular flexibility index (Phi) is 6.31. The lowest BCUT2D eigenvalue weighted by Crippen LogP contribution is -2.31. The third kappa shape index (κ3) is 4.39. The average Bonchev–Trinajstić information content (AvgIpc) is 2.54. The van der Waals surface area contributed by atoms with Crippen LogP contribution in [0.4, 0.5) is 5.69 Å². The second-order valence-corrected chi connectivity index (χ2v) is 6.31. The van der Waals surface area contributed by atoms with E-state index in [-0.39, 0.29) is 11.7 Å². The van der Waals surface area contributed by atoms with Gasteiger partial charge in [-0.1, -0.05) is 35.3 Å². The van der Waals surface area contributed by atoms with Crippen molar-refractivity contribution in [3.63, 3.8) is 0 Å². The fourth-order valence-electron chi connectivity index (χ4n) is 2.28. The molecule has 0 radical (unpaired) electrons. The largest absolute Gasteiger partial charge is 0.390 e. The van der Waals surface area contributed by atoms with Gasteiger partial charge in [-0.05, 0) is 30.3 Å². The molecule has 0 bridgehead atoms. The van der Waals surface area contributed by atoms with Crippen molar-refractivity contribution in [2.24, 2.45) is 0 Å². The average molecular weight is 373 g/mol. The molecule has 0 amide bonds. The number of nitrogens with zero attached hydrogens (tertiary/aromatic N) is 1. The Morgan fingerprint density at radius 1 is 1.17 bits per heavy atom. The fraction of sp³-hybridized carbons (Fsp3) is 0.235. The summed E-state index contributed by atoms with van der Waals surface area (Å²) in [7, 11) is 1.78. The maximum Gasteiger partial charge on any atom is 0.196 e. The number of anilines is 1. The van der Waals surface area contributed by atoms with E-state index in [2.05, 4.69) is 0 Å². The third-order valence-corrected chi connectivity index (χ3v) is 4.32. The number of carbonyl (C=O) groups excluding carboxylic acids is 1. The van der Waals surface area contributed by atoms with Crippen LogP contribution < -0.4 is 4.90 Å². The van der Waals surface area contributed by atoms with Crippen LogP contribution in [-0.2, 0) is 0 Å². The van der Waals surface area contributed by atoms with Crippen LogP contribution in [-0.4, -0.2) is 36.5 Å². The monoisotopic (exact) mass is 371 g/mol. The Morgan fingerprint density at radius 3 is 2.52 bits per heavy atom. The lowest BCUT2D eigenvalue weighted by Gasteiger charge is -2.24. The molecule has 0 aromatic heterocycles. The fourth-order valence-corrected chi connectivity index (χ4v) is 2.77. The van der Waals surface area contributed by atoms with E-state index in [0.29, 0.717) is 33.4 Å². The van der Waals surface area contributed by atoms with Crippen LogP contribution in [0.25, 0.3) is 0 Å². The standard InChI is InChI=1S/C17H16Cl3NO2/c1-21(10-12(22)9-18)16-7-6-11(19)8-14(16)17(23)13-4-2-3-5-15(13)20/h2-8,12,22H,9-10H2,1H3. The summed E-state index contributed by atoms with van der Waals surface area (Å²) >= 11 is 17.8. The van der Waals surface area contributed by atoms with Crippen molar-refractivity contribution in [3.05, 3.63) is 63.6 Å². The van der Waals surface area contributed by atoms with Gasteiger partial charge < -0.3 is 10.0 Å². The third-order valence-electron chi connectivity index (χ3n) is 3.40. The highest BCUT2D eigenvalue weighted by Gasteiger charge is 2.19. The van der Waals surface area contributed by atoms with E-state index in [1.165, 1.54) is 0 Å². The second kappa shape index (κ2) is 8.02. The van der Waals surface area contributed by atoms with E-state index in [9.17, 15) is 9.90 Å². The molecule has 2 aromatic rings. The number of rotatable bonds is 6. The van der Waals surface area contributed by atoms with Gasteiger partial charge in [-0.2, -0.15) is 0 Å². The van der Waals surface area contributed by atoms with Gasteiger partial charge in [-0.25, -0.2) is 0 Å². The Labute approximate surface area is 150 Å². The van der Waals surface area contributed by atoms with Gasteiger partial charge in [0, 0.05) is 35.4 Å². The molecule has 1 atom stereocenters. The summed E-state index contributed by atoms with van der Waals surface area (Å²) in [5, 5.41) is 10.6. The molecule has 0 heterocycles. The smallest absolute Gasteiger partial charge is 0.196 e. The molecule has 23 heavy (non-hydrogen) atoms. The van der Waals surface area contributed by atoms with E-state index in [4.69, 9.17) is 34.8 Å². The topological polar surface area (TPSA) is 40.5 Å². The maximum atomic E-state index is 12.8. The number of benzene rings is 2. The normalized spacial score (nSPS) is 12.0. The van der Waals surface area contributed by atoms with Crippen molar-refractivity contribution in [2.45, 2.75) is 6.10 Å². The van der Waals surface area contributed by atoms with Crippen molar-refractivity contribution < 1.29 is 9.90 Å². The summed E-state index contributed by atoms with van der Waals surface area (Å²) in [6.07, 6.45) is -0.694. The highest BCUT2D eigenvalue weighted by Crippen LogP contribution is 2.28. The minimum absolute atomic E-state index is 0.117. The molecule has 0 saturated heterocycles. The van der Waals surface area contributed by atoms with Crippen LogP contribution in [0.1, 0.15) is 15.9 Å². The lowest BCUT2D eigenvalue weighted by atomic mass is 10.0. The molecule has 2 aromatic carbocycles. The highest BCUT2D eigenvalue weighted by molar-refractivity contribution is 6.35. The quantitative estimate of drug-likeness (QED) is 0.608. The SMILES string of the molecule is CN(CC(O)CCl)c1ccc(Cl)cc1C(=O)c1ccccc1Cl. The number of alkyl halides is 1. The molecular formula is C17H16Cl3NO2. The Balaban J connectivity index is 2.43. The van der Waals surface area contributed by atoms with Crippen LogP contribution >= 0.6 is 34.8 Å². The summed E-state index contributed by atoms with van der Waals surface area (Å²) in [6, 6.07) is 11.9. The lowest BCUT2D eigenvalue weighted by molar-refractivity contribution is 0.103. The number of hydrogen-bond acceptors (Lipinski definition) is 3. The van der Waals surface area contributed by atoms with Crippen LogP contribution in [0.2, 0.25) is 10.0 Å². The predicted octanol–water partition coefficient (Wildman–Crippen LogP) is 4.26. The molecule has 0 saturated carbocycles. The van der Waals surface area contributed by atoms with Gasteiger partial charge in [0.25, 0.3) is 0 Å². The Bertz CT molecular complexity index is 706. The van der Waals surface area contributed by atoms with Gasteiger partial charge in [0.15, 0.2) is 5.78 Å². The van der Waals surface area contributed by atoms with Gasteiger partial charge in [0.1, 0.15) is 0 Å². The zero-order valence-electron chi connectivity index (χ0n) is 12.5. The Hall–Kier alpha value is -1.26. The van der Waals surface area contributed by atoms with Crippen molar-refractivity contribution in [3.8, 4) is 0 Å². The number of hydrogen-bond donors (Lipinski definition) is 1. The van der Waals surface area contributed by atoms with Crippen LogP contribution in [0.5, 0.6) is 0 Å². The van der Waals surface area contributed by atoms with Crippen molar-refractivity contribution in [1.82, 2.24) is 0 Å². The maximum absolute atomic E-state index is 12.8. The second-order valence-electron chi connectivity index (χ2n) is 5.16. The van der Waals surface area contributed by atoms with Gasteiger partial charge in [0.2, 0.25) is 0 Å². The van der Waals surface area contributed by atoms with Crippen molar-refractivity contribution in [2.75, 3.05) is 24.4 Å². The molecule has 1 unspecified atom stereocenters. The summed E-state index contributed by atoms with van der Waals surface area (Å²) in [6.45, 7) is 0.300. The first-order valence-corrected chi connectivity index (χ1v) is 8.27. The van der Waals surface area contributed by atoms with Gasteiger partial charge in [-0.3, -0.25) is 4.79 Å².